The van der Waals surface area contributed by atoms with Gasteiger partial charge >= 0.3 is 0 Å². The van der Waals surface area contributed by atoms with E-state index in [1.807, 2.05) is 36.4 Å². The number of fused-ring (bicyclic) bond motifs is 2. The van der Waals surface area contributed by atoms with Crippen LogP contribution in [0.3, 0.4) is 0 Å². The van der Waals surface area contributed by atoms with Crippen molar-refractivity contribution in [3.63, 3.8) is 0 Å². The summed E-state index contributed by atoms with van der Waals surface area (Å²) >= 11 is 7.25. The number of rotatable bonds is 3. The maximum atomic E-state index is 5.53. The van der Waals surface area contributed by atoms with E-state index in [-0.39, 0.29) is 0 Å². The summed E-state index contributed by atoms with van der Waals surface area (Å²) in [4.78, 5) is 4.76. The van der Waals surface area contributed by atoms with Gasteiger partial charge in [-0.05, 0) is 72.6 Å². The highest BCUT2D eigenvalue weighted by molar-refractivity contribution is 7.80. The smallest absolute Gasteiger partial charge is 0.175 e. The van der Waals surface area contributed by atoms with Crippen molar-refractivity contribution in [2.24, 2.45) is 0 Å². The summed E-state index contributed by atoms with van der Waals surface area (Å²) in [6.45, 7) is 2.11. The van der Waals surface area contributed by atoms with Crippen LogP contribution in [0.4, 0.5) is 11.4 Å². The molecule has 0 unspecified atom stereocenters. The molecule has 4 aromatic carbocycles. The summed E-state index contributed by atoms with van der Waals surface area (Å²) in [6, 6.07) is 29.0. The Morgan fingerprint density at radius 1 is 0.867 bits per heavy atom. The average molecular weight is 426 g/mol. The predicted molar refractivity (Wildman–Crippen MR) is 134 cm³/mol. The number of hydrogen-bond acceptors (Lipinski definition) is 3. The molecule has 5 aromatic rings. The molecule has 0 fully saturated rings. The molecule has 0 aliphatic rings. The molecule has 0 saturated carbocycles. The zero-order chi connectivity index (χ0) is 20.5. The molecule has 5 heteroatoms. The van der Waals surface area contributed by atoms with Gasteiger partial charge in [0.15, 0.2) is 5.11 Å². The third-order valence-corrected chi connectivity index (χ3v) is 6.24. The number of benzene rings is 4. The van der Waals surface area contributed by atoms with Gasteiger partial charge in [0, 0.05) is 22.3 Å². The third kappa shape index (κ3) is 3.77. The largest absolute Gasteiger partial charge is 0.332 e. The molecule has 2 N–H and O–H groups in total. The highest BCUT2D eigenvalue weighted by Gasteiger charge is 2.07. The van der Waals surface area contributed by atoms with Gasteiger partial charge in [-0.2, -0.15) is 0 Å². The molecule has 5 rings (SSSR count). The van der Waals surface area contributed by atoms with Crippen LogP contribution in [0.5, 0.6) is 0 Å². The first-order valence-corrected chi connectivity index (χ1v) is 10.9. The maximum Gasteiger partial charge on any atom is 0.175 e. The lowest BCUT2D eigenvalue weighted by Crippen LogP contribution is -2.19. The molecule has 0 spiro atoms. The van der Waals surface area contributed by atoms with Crippen LogP contribution >= 0.6 is 23.6 Å². The second kappa shape index (κ2) is 7.86. The SMILES string of the molecule is Cc1ccc2nc(-c3ccc(NC(=S)Nc4cccc5ccccc45)cc3)sc2c1. The van der Waals surface area contributed by atoms with Crippen molar-refractivity contribution in [1.29, 1.82) is 0 Å². The predicted octanol–water partition coefficient (Wildman–Crippen LogP) is 7.23. The van der Waals surface area contributed by atoms with E-state index in [2.05, 4.69) is 66.1 Å². The molecule has 30 heavy (non-hydrogen) atoms. The van der Waals surface area contributed by atoms with Crippen LogP contribution in [0.15, 0.2) is 84.9 Å². The molecule has 0 aliphatic heterocycles. The lowest BCUT2D eigenvalue weighted by atomic mass is 10.1. The minimum atomic E-state index is 0.564. The number of thiocarbonyl (C=S) groups is 1. The molecule has 146 valence electrons. The van der Waals surface area contributed by atoms with Crippen molar-refractivity contribution >= 4 is 61.0 Å². The first-order chi connectivity index (χ1) is 14.7. The van der Waals surface area contributed by atoms with E-state index < -0.39 is 0 Å². The van der Waals surface area contributed by atoms with Crippen molar-refractivity contribution in [2.75, 3.05) is 10.6 Å². The molecule has 0 saturated heterocycles. The van der Waals surface area contributed by atoms with Gasteiger partial charge in [0.2, 0.25) is 0 Å². The summed E-state index contributed by atoms with van der Waals surface area (Å²) in [5.41, 5.74) is 5.33. The zero-order valence-electron chi connectivity index (χ0n) is 16.3. The van der Waals surface area contributed by atoms with Crippen molar-refractivity contribution in [2.45, 2.75) is 6.92 Å². The van der Waals surface area contributed by atoms with Gasteiger partial charge in [-0.3, -0.25) is 0 Å². The van der Waals surface area contributed by atoms with E-state index >= 15 is 0 Å². The van der Waals surface area contributed by atoms with Gasteiger partial charge in [0.25, 0.3) is 0 Å². The Labute approximate surface area is 184 Å². The lowest BCUT2D eigenvalue weighted by molar-refractivity contribution is 1.45. The van der Waals surface area contributed by atoms with Crippen molar-refractivity contribution in [3.8, 4) is 10.6 Å². The average Bonchev–Trinajstić information content (AvgIpc) is 3.18. The van der Waals surface area contributed by atoms with Crippen LogP contribution < -0.4 is 10.6 Å². The van der Waals surface area contributed by atoms with E-state index in [0.717, 1.165) is 32.8 Å². The highest BCUT2D eigenvalue weighted by atomic mass is 32.1. The normalized spacial score (nSPS) is 11.0. The minimum absolute atomic E-state index is 0.564. The van der Waals surface area contributed by atoms with Gasteiger partial charge in [0.1, 0.15) is 5.01 Å². The Hall–Kier alpha value is -3.28. The Morgan fingerprint density at radius 2 is 1.67 bits per heavy atom. The molecule has 3 nitrogen and oxygen atoms in total. The van der Waals surface area contributed by atoms with Crippen LogP contribution in [0.25, 0.3) is 31.6 Å². The molecular formula is C25H19N3S2. The van der Waals surface area contributed by atoms with Gasteiger partial charge < -0.3 is 10.6 Å². The zero-order valence-corrected chi connectivity index (χ0v) is 18.0. The van der Waals surface area contributed by atoms with E-state index in [9.17, 15) is 0 Å². The van der Waals surface area contributed by atoms with Crippen LogP contribution in [0, 0.1) is 6.92 Å². The fourth-order valence-corrected chi connectivity index (χ4v) is 4.77. The molecule has 0 aliphatic carbocycles. The fourth-order valence-electron chi connectivity index (χ4n) is 3.47. The summed E-state index contributed by atoms with van der Waals surface area (Å²) in [5.74, 6) is 0. The number of hydrogen-bond donors (Lipinski definition) is 2. The van der Waals surface area contributed by atoms with Gasteiger partial charge in [-0.1, -0.05) is 42.5 Å². The van der Waals surface area contributed by atoms with Crippen LogP contribution in [-0.4, -0.2) is 10.1 Å². The summed E-state index contributed by atoms with van der Waals surface area (Å²) in [6.07, 6.45) is 0. The number of nitrogens with zero attached hydrogens (tertiary/aromatic N) is 1. The summed E-state index contributed by atoms with van der Waals surface area (Å²) < 4.78 is 1.22. The number of thiazole rings is 1. The fraction of sp³-hybridized carbons (Fsp3) is 0.0400. The highest BCUT2D eigenvalue weighted by Crippen LogP contribution is 2.31. The quantitative estimate of drug-likeness (QED) is 0.299. The molecule has 0 radical (unpaired) electrons. The number of aromatic nitrogens is 1. The Morgan fingerprint density at radius 3 is 2.53 bits per heavy atom. The first kappa shape index (κ1) is 18.7. The monoisotopic (exact) mass is 425 g/mol. The van der Waals surface area contributed by atoms with Crippen LogP contribution in [0.1, 0.15) is 5.56 Å². The van der Waals surface area contributed by atoms with Gasteiger partial charge in [-0.25, -0.2) is 4.98 Å². The number of nitrogens with one attached hydrogen (secondary N) is 2. The van der Waals surface area contributed by atoms with E-state index in [4.69, 9.17) is 17.2 Å². The molecule has 1 aromatic heterocycles. The summed E-state index contributed by atoms with van der Waals surface area (Å²) in [5, 5.41) is 10.5. The Balaban J connectivity index is 1.32. The molecule has 1 heterocycles. The lowest BCUT2D eigenvalue weighted by Gasteiger charge is -2.13. The van der Waals surface area contributed by atoms with Crippen molar-refractivity contribution < 1.29 is 0 Å². The van der Waals surface area contributed by atoms with Gasteiger partial charge in [0.05, 0.1) is 10.2 Å². The Bertz CT molecular complexity index is 1370. The topological polar surface area (TPSA) is 37.0 Å². The van der Waals surface area contributed by atoms with Crippen LogP contribution in [-0.2, 0) is 0 Å². The number of aryl methyl sites for hydroxylation is 1. The maximum absolute atomic E-state index is 5.53. The van der Waals surface area contributed by atoms with Gasteiger partial charge in [-0.15, -0.1) is 11.3 Å². The van der Waals surface area contributed by atoms with E-state index in [1.165, 1.54) is 15.6 Å². The third-order valence-electron chi connectivity index (χ3n) is 4.97. The van der Waals surface area contributed by atoms with E-state index in [1.54, 1.807) is 11.3 Å². The first-order valence-electron chi connectivity index (χ1n) is 9.69. The molecule has 0 amide bonds. The molecule has 0 bridgehead atoms. The van der Waals surface area contributed by atoms with Crippen molar-refractivity contribution in [1.82, 2.24) is 4.98 Å². The second-order valence-corrected chi connectivity index (χ2v) is 8.61. The Kier molecular flexibility index (Phi) is 4.91. The summed E-state index contributed by atoms with van der Waals surface area (Å²) in [7, 11) is 0. The minimum Gasteiger partial charge on any atom is -0.332 e. The standard InChI is InChI=1S/C25H19N3S2/c1-16-9-14-22-23(15-16)30-24(27-22)18-10-12-19(13-11-18)26-25(29)28-21-8-4-6-17-5-2-3-7-20(17)21/h2-15H,1H3,(H2,26,28,29). The molecular weight excluding hydrogens is 406 g/mol. The van der Waals surface area contributed by atoms with Crippen molar-refractivity contribution in [3.05, 3.63) is 90.5 Å². The molecule has 0 atom stereocenters. The second-order valence-electron chi connectivity index (χ2n) is 7.17. The number of anilines is 2. The van der Waals surface area contributed by atoms with E-state index in [0.29, 0.717) is 5.11 Å². The van der Waals surface area contributed by atoms with Crippen LogP contribution in [0.2, 0.25) is 0 Å².